The van der Waals surface area contributed by atoms with Crippen LogP contribution in [0.2, 0.25) is 0 Å². The number of benzene rings is 2. The smallest absolute Gasteiger partial charge is 0.262 e. The summed E-state index contributed by atoms with van der Waals surface area (Å²) in [5, 5.41) is 4.06. The van der Waals surface area contributed by atoms with Crippen LogP contribution in [-0.2, 0) is 23.2 Å². The third-order valence-corrected chi connectivity index (χ3v) is 12.7. The fourth-order valence-electron chi connectivity index (χ4n) is 8.34. The topological polar surface area (TPSA) is 162 Å². The highest BCUT2D eigenvalue weighted by Crippen LogP contribution is 2.39. The predicted molar refractivity (Wildman–Crippen MR) is 226 cm³/mol. The average molecular weight is 824 g/mol. The van der Waals surface area contributed by atoms with Gasteiger partial charge in [-0.3, -0.25) is 48.7 Å². The second-order valence-corrected chi connectivity index (χ2v) is 16.8. The summed E-state index contributed by atoms with van der Waals surface area (Å²) in [7, 11) is 8.94. The van der Waals surface area contributed by atoms with Crippen molar-refractivity contribution in [3.63, 3.8) is 0 Å². The molecule has 17 heteroatoms. The first-order valence-corrected chi connectivity index (χ1v) is 20.7. The number of nitrogens with zero attached hydrogens (tertiary/aromatic N) is 7. The van der Waals surface area contributed by atoms with Crippen LogP contribution in [0.15, 0.2) is 53.6 Å². The Balaban J connectivity index is 0.807. The Hall–Kier alpha value is -5.49. The van der Waals surface area contributed by atoms with Crippen molar-refractivity contribution in [2.75, 3.05) is 90.5 Å². The van der Waals surface area contributed by atoms with Crippen LogP contribution in [0.4, 0.5) is 11.5 Å². The monoisotopic (exact) mass is 823 g/mol. The van der Waals surface area contributed by atoms with Crippen LogP contribution in [0, 0.1) is 0 Å². The summed E-state index contributed by atoms with van der Waals surface area (Å²) < 4.78 is 17.0. The first-order chi connectivity index (χ1) is 28.4. The molecule has 0 bridgehead atoms. The van der Waals surface area contributed by atoms with E-state index in [2.05, 4.69) is 29.7 Å². The van der Waals surface area contributed by atoms with Gasteiger partial charge < -0.3 is 23.8 Å². The first kappa shape index (κ1) is 40.3. The third-order valence-electron chi connectivity index (χ3n) is 11.7. The Bertz CT molecular complexity index is 2360. The van der Waals surface area contributed by atoms with Gasteiger partial charge >= 0.3 is 0 Å². The number of methoxy groups -OCH3 is 2. The molecule has 16 nitrogen and oxygen atoms in total. The van der Waals surface area contributed by atoms with Gasteiger partial charge in [0.1, 0.15) is 23.4 Å². The molecule has 4 aliphatic heterocycles. The molecule has 2 aromatic carbocycles. The van der Waals surface area contributed by atoms with Crippen LogP contribution in [-0.4, -0.2) is 140 Å². The van der Waals surface area contributed by atoms with E-state index >= 15 is 0 Å². The van der Waals surface area contributed by atoms with E-state index in [0.717, 1.165) is 102 Å². The van der Waals surface area contributed by atoms with Gasteiger partial charge in [-0.25, -0.2) is 4.98 Å². The molecule has 1 unspecified atom stereocenters. The van der Waals surface area contributed by atoms with Gasteiger partial charge in [0.2, 0.25) is 11.8 Å². The second kappa shape index (κ2) is 16.6. The summed E-state index contributed by atoms with van der Waals surface area (Å²) in [6.07, 6.45) is 3.72. The first-order valence-electron chi connectivity index (χ1n) is 19.8. The molecule has 3 fully saturated rings. The molecule has 8 rings (SSSR count). The minimum Gasteiger partial charge on any atom is -0.496 e. The molecular formula is C42H49N9O7S. The van der Waals surface area contributed by atoms with Crippen LogP contribution in [0.3, 0.4) is 0 Å². The Morgan fingerprint density at radius 2 is 1.59 bits per heavy atom. The van der Waals surface area contributed by atoms with Crippen LogP contribution in [0.25, 0.3) is 21.9 Å². The SMILES string of the molecule is COc1cc(-c2cn(C)c(=O)c3cnc(N(C)C)cc23)cc(OC)c1CN1CC(SNCCN2CCN(c3ccc4c(c3)C(=O)N(C3CCC(=O)NC3=O)C4=O)CC2)C1. The zero-order valence-electron chi connectivity index (χ0n) is 33.9. The summed E-state index contributed by atoms with van der Waals surface area (Å²) in [6, 6.07) is 10.3. The average Bonchev–Trinajstić information content (AvgIpc) is 3.47. The van der Waals surface area contributed by atoms with Gasteiger partial charge in [0.05, 0.1) is 36.3 Å². The van der Waals surface area contributed by atoms with Gasteiger partial charge in [0.25, 0.3) is 17.4 Å². The van der Waals surface area contributed by atoms with Crippen LogP contribution in [0.1, 0.15) is 39.1 Å². The summed E-state index contributed by atoms with van der Waals surface area (Å²) >= 11 is 1.78. The van der Waals surface area contributed by atoms with E-state index in [1.54, 1.807) is 56.1 Å². The van der Waals surface area contributed by atoms with Gasteiger partial charge in [0, 0.05) is 121 Å². The molecule has 0 radical (unpaired) electrons. The number of carbonyl (C=O) groups is 4. The van der Waals surface area contributed by atoms with E-state index in [4.69, 9.17) is 9.47 Å². The number of fused-ring (bicyclic) bond motifs is 2. The minimum absolute atomic E-state index is 0.0907. The number of aryl methyl sites for hydroxylation is 1. The summed E-state index contributed by atoms with van der Waals surface area (Å²) in [5.41, 5.74) is 4.12. The van der Waals surface area contributed by atoms with Crippen LogP contribution in [0.5, 0.6) is 11.5 Å². The van der Waals surface area contributed by atoms with Gasteiger partial charge in [0.15, 0.2) is 0 Å². The number of ether oxygens (including phenoxy) is 2. The minimum atomic E-state index is -0.974. The lowest BCUT2D eigenvalue weighted by Gasteiger charge is -2.39. The number of nitrogens with one attached hydrogen (secondary N) is 2. The maximum atomic E-state index is 13.3. The molecule has 0 aliphatic carbocycles. The van der Waals surface area contributed by atoms with Crippen molar-refractivity contribution in [2.24, 2.45) is 7.05 Å². The van der Waals surface area contributed by atoms with Crippen molar-refractivity contribution < 1.29 is 28.7 Å². The Kier molecular flexibility index (Phi) is 11.4. The fourth-order valence-corrected chi connectivity index (χ4v) is 9.35. The number of rotatable bonds is 13. The molecule has 0 spiro atoms. The number of pyridine rings is 2. The van der Waals surface area contributed by atoms with E-state index in [-0.39, 0.29) is 18.4 Å². The van der Waals surface area contributed by atoms with Gasteiger partial charge in [-0.2, -0.15) is 0 Å². The van der Waals surface area contributed by atoms with E-state index in [0.29, 0.717) is 28.3 Å². The summed E-state index contributed by atoms with van der Waals surface area (Å²) in [6.45, 7) is 7.60. The normalized spacial score (nSPS) is 19.0. The number of hydrogen-bond donors (Lipinski definition) is 2. The van der Waals surface area contributed by atoms with Gasteiger partial charge in [-0.15, -0.1) is 0 Å². The number of imide groups is 2. The van der Waals surface area contributed by atoms with Crippen LogP contribution < -0.4 is 34.9 Å². The number of carbonyl (C=O) groups excluding carboxylic acids is 4. The van der Waals surface area contributed by atoms with Crippen molar-refractivity contribution in [1.29, 1.82) is 0 Å². The number of anilines is 2. The zero-order valence-corrected chi connectivity index (χ0v) is 34.8. The molecule has 4 amide bonds. The fraction of sp³-hybridized carbons (Fsp3) is 0.429. The lowest BCUT2D eigenvalue weighted by Crippen LogP contribution is -2.54. The molecule has 59 heavy (non-hydrogen) atoms. The third kappa shape index (κ3) is 7.87. The van der Waals surface area contributed by atoms with Crippen molar-refractivity contribution in [3.8, 4) is 22.6 Å². The number of likely N-dealkylation sites (tertiary alicyclic amines) is 1. The van der Waals surface area contributed by atoms with E-state index in [1.165, 1.54) is 0 Å². The Labute approximate surface area is 346 Å². The van der Waals surface area contributed by atoms with Gasteiger partial charge in [-0.05, 0) is 48.4 Å². The molecule has 3 saturated heterocycles. The maximum absolute atomic E-state index is 13.3. The maximum Gasteiger partial charge on any atom is 0.262 e. The molecule has 1 atom stereocenters. The molecule has 0 saturated carbocycles. The highest BCUT2D eigenvalue weighted by atomic mass is 32.2. The van der Waals surface area contributed by atoms with Crippen LogP contribution >= 0.6 is 11.9 Å². The number of amides is 4. The highest BCUT2D eigenvalue weighted by molar-refractivity contribution is 7.98. The molecule has 4 aromatic rings. The Morgan fingerprint density at radius 3 is 2.27 bits per heavy atom. The molecule has 310 valence electrons. The standard InChI is InChI=1S/C42H49N9O7S/c1-46(2)37-19-29-31(20-43-37)40(54)47(3)23-32(29)25-16-35(57-4)33(36(17-25)58-5)24-49-21-27(22-49)59-44-10-11-48-12-14-50(15-13-48)26-6-7-28-30(18-26)42(56)51(41(28)55)34-8-9-38(52)45-39(34)53/h6-7,16-20,23,27,34,44H,8-15,21-22,24H2,1-5H3,(H,45,52,53). The largest absolute Gasteiger partial charge is 0.496 e. The molecular weight excluding hydrogens is 775 g/mol. The lowest BCUT2D eigenvalue weighted by atomic mass is 9.98. The number of hydrogen-bond acceptors (Lipinski definition) is 14. The molecule has 2 N–H and O–H groups in total. The van der Waals surface area contributed by atoms with Crippen molar-refractivity contribution in [1.82, 2.24) is 34.3 Å². The Morgan fingerprint density at radius 1 is 0.881 bits per heavy atom. The lowest BCUT2D eigenvalue weighted by molar-refractivity contribution is -0.136. The second-order valence-electron chi connectivity index (χ2n) is 15.6. The van der Waals surface area contributed by atoms with E-state index in [1.807, 2.05) is 49.5 Å². The number of piperidine rings is 1. The van der Waals surface area contributed by atoms with Crippen molar-refractivity contribution in [2.45, 2.75) is 30.7 Å². The summed E-state index contributed by atoms with van der Waals surface area (Å²) in [4.78, 5) is 77.9. The zero-order chi connectivity index (χ0) is 41.5. The number of aromatic nitrogens is 2. The molecule has 6 heterocycles. The van der Waals surface area contributed by atoms with Crippen molar-refractivity contribution >= 4 is 57.9 Å². The molecule has 4 aliphatic rings. The van der Waals surface area contributed by atoms with E-state index in [9.17, 15) is 24.0 Å². The quantitative estimate of drug-likeness (QED) is 0.115. The highest BCUT2D eigenvalue weighted by Gasteiger charge is 2.45. The summed E-state index contributed by atoms with van der Waals surface area (Å²) in [5.74, 6) is 0.239. The van der Waals surface area contributed by atoms with Crippen molar-refractivity contribution in [3.05, 3.63) is 75.8 Å². The van der Waals surface area contributed by atoms with Gasteiger partial charge in [-0.1, -0.05) is 11.9 Å². The molecule has 2 aromatic heterocycles. The predicted octanol–water partition coefficient (Wildman–Crippen LogP) is 2.33. The number of piperazine rings is 1. The van der Waals surface area contributed by atoms with E-state index < -0.39 is 29.7 Å².